The maximum atomic E-state index is 6.04. The van der Waals surface area contributed by atoms with Crippen LogP contribution in [-0.4, -0.2) is 26.1 Å². The summed E-state index contributed by atoms with van der Waals surface area (Å²) in [4.78, 5) is 6.60. The molecule has 0 unspecified atom stereocenters. The van der Waals surface area contributed by atoms with E-state index in [1.54, 1.807) is 0 Å². The average Bonchev–Trinajstić information content (AvgIpc) is 2.43. The van der Waals surface area contributed by atoms with Crippen LogP contribution in [0.4, 0.5) is 5.69 Å². The number of rotatable bonds is 5. The summed E-state index contributed by atoms with van der Waals surface area (Å²) < 4.78 is 6.04. The molecule has 0 radical (unpaired) electrons. The van der Waals surface area contributed by atoms with Crippen LogP contribution in [0.5, 0.6) is 11.6 Å². The molecule has 1 aromatic heterocycles. The molecular formula is C17H23N3O. The molecule has 4 heteroatoms. The zero-order valence-corrected chi connectivity index (χ0v) is 13.4. The van der Waals surface area contributed by atoms with Crippen LogP contribution in [0, 0.1) is 13.8 Å². The highest BCUT2D eigenvalue weighted by Crippen LogP contribution is 2.28. The smallest absolute Gasteiger partial charge is 0.224 e. The van der Waals surface area contributed by atoms with E-state index in [-0.39, 0.29) is 0 Å². The Kier molecular flexibility index (Phi) is 4.81. The van der Waals surface area contributed by atoms with Crippen molar-refractivity contribution in [3.05, 3.63) is 47.2 Å². The molecular weight excluding hydrogens is 262 g/mol. The number of nitrogens with zero attached hydrogens (tertiary/aromatic N) is 2. The summed E-state index contributed by atoms with van der Waals surface area (Å²) in [7, 11) is 5.96. The number of aryl methyl sites for hydroxylation is 2. The number of aromatic nitrogens is 1. The fourth-order valence-electron chi connectivity index (χ4n) is 2.24. The van der Waals surface area contributed by atoms with Crippen LogP contribution in [0.3, 0.4) is 0 Å². The minimum Gasteiger partial charge on any atom is -0.439 e. The number of benzene rings is 1. The van der Waals surface area contributed by atoms with Crippen LogP contribution in [0.2, 0.25) is 0 Å². The number of anilines is 1. The molecule has 1 aromatic carbocycles. The van der Waals surface area contributed by atoms with E-state index in [9.17, 15) is 0 Å². The van der Waals surface area contributed by atoms with Gasteiger partial charge in [-0.3, -0.25) is 0 Å². The molecule has 2 aromatic rings. The van der Waals surface area contributed by atoms with E-state index in [1.165, 1.54) is 5.56 Å². The Balaban J connectivity index is 2.36. The first-order valence-electron chi connectivity index (χ1n) is 7.08. The van der Waals surface area contributed by atoms with Crippen LogP contribution in [-0.2, 0) is 6.54 Å². The van der Waals surface area contributed by atoms with Gasteiger partial charge in [0, 0.05) is 43.7 Å². The number of hydrogen-bond acceptors (Lipinski definition) is 4. The Labute approximate surface area is 126 Å². The molecule has 21 heavy (non-hydrogen) atoms. The number of ether oxygens (including phenoxy) is 1. The monoisotopic (exact) mass is 285 g/mol. The van der Waals surface area contributed by atoms with Crippen LogP contribution in [0.15, 0.2) is 30.3 Å². The summed E-state index contributed by atoms with van der Waals surface area (Å²) in [5, 5.41) is 3.17. The molecule has 1 N–H and O–H groups in total. The van der Waals surface area contributed by atoms with Gasteiger partial charge in [-0.15, -0.1) is 0 Å². The predicted molar refractivity (Wildman–Crippen MR) is 87.3 cm³/mol. The molecule has 0 spiro atoms. The zero-order chi connectivity index (χ0) is 15.4. The third-order valence-electron chi connectivity index (χ3n) is 3.34. The topological polar surface area (TPSA) is 37.4 Å². The maximum Gasteiger partial charge on any atom is 0.224 e. The Morgan fingerprint density at radius 3 is 2.62 bits per heavy atom. The van der Waals surface area contributed by atoms with Crippen LogP contribution < -0.4 is 15.0 Å². The van der Waals surface area contributed by atoms with E-state index < -0.39 is 0 Å². The van der Waals surface area contributed by atoms with Gasteiger partial charge in [0.15, 0.2) is 0 Å². The molecule has 0 saturated heterocycles. The first-order chi connectivity index (χ1) is 10.0. The van der Waals surface area contributed by atoms with Gasteiger partial charge in [-0.25, -0.2) is 4.98 Å². The zero-order valence-electron chi connectivity index (χ0n) is 13.4. The summed E-state index contributed by atoms with van der Waals surface area (Å²) in [6.45, 7) is 4.81. The van der Waals surface area contributed by atoms with Gasteiger partial charge in [-0.05, 0) is 44.7 Å². The lowest BCUT2D eigenvalue weighted by Gasteiger charge is -2.16. The summed E-state index contributed by atoms with van der Waals surface area (Å²) in [5.41, 5.74) is 4.35. The highest BCUT2D eigenvalue weighted by Gasteiger charge is 2.11. The quantitative estimate of drug-likeness (QED) is 0.915. The molecule has 1 heterocycles. The average molecular weight is 285 g/mol. The van der Waals surface area contributed by atoms with Gasteiger partial charge in [-0.1, -0.05) is 6.07 Å². The molecule has 0 aliphatic rings. The summed E-state index contributed by atoms with van der Waals surface area (Å²) in [5.74, 6) is 1.48. The SMILES string of the molecule is CNCc1c(C)cc(C)nc1Oc1cccc(N(C)C)c1. The van der Waals surface area contributed by atoms with Crippen molar-refractivity contribution in [3.8, 4) is 11.6 Å². The molecule has 0 amide bonds. The molecule has 0 aliphatic carbocycles. The second-order valence-corrected chi connectivity index (χ2v) is 5.39. The fraction of sp³-hybridized carbons (Fsp3) is 0.353. The Hall–Kier alpha value is -2.07. The Morgan fingerprint density at radius 1 is 1.19 bits per heavy atom. The molecule has 0 bridgehead atoms. The highest BCUT2D eigenvalue weighted by molar-refractivity contribution is 5.50. The van der Waals surface area contributed by atoms with Gasteiger partial charge >= 0.3 is 0 Å². The lowest BCUT2D eigenvalue weighted by Crippen LogP contribution is -2.10. The van der Waals surface area contributed by atoms with Crippen molar-refractivity contribution < 1.29 is 4.74 Å². The largest absolute Gasteiger partial charge is 0.439 e. The van der Waals surface area contributed by atoms with Gasteiger partial charge in [-0.2, -0.15) is 0 Å². The van der Waals surface area contributed by atoms with Gasteiger partial charge in [0.2, 0.25) is 5.88 Å². The van der Waals surface area contributed by atoms with Crippen molar-refractivity contribution >= 4 is 5.69 Å². The van der Waals surface area contributed by atoms with E-state index in [0.29, 0.717) is 5.88 Å². The molecule has 4 nitrogen and oxygen atoms in total. The first-order valence-corrected chi connectivity index (χ1v) is 7.08. The van der Waals surface area contributed by atoms with Crippen LogP contribution in [0.1, 0.15) is 16.8 Å². The molecule has 0 saturated carbocycles. The van der Waals surface area contributed by atoms with E-state index in [1.807, 2.05) is 46.3 Å². The minimum absolute atomic E-state index is 0.678. The Morgan fingerprint density at radius 2 is 1.95 bits per heavy atom. The van der Waals surface area contributed by atoms with Gasteiger partial charge in [0.25, 0.3) is 0 Å². The Bertz CT molecular complexity index is 623. The third-order valence-corrected chi connectivity index (χ3v) is 3.34. The van der Waals surface area contributed by atoms with Gasteiger partial charge < -0.3 is 15.0 Å². The van der Waals surface area contributed by atoms with Crippen molar-refractivity contribution in [1.29, 1.82) is 0 Å². The van der Waals surface area contributed by atoms with Crippen LogP contribution in [0.25, 0.3) is 0 Å². The maximum absolute atomic E-state index is 6.04. The van der Waals surface area contributed by atoms with Crippen molar-refractivity contribution in [2.45, 2.75) is 20.4 Å². The second-order valence-electron chi connectivity index (χ2n) is 5.39. The standard InChI is InChI=1S/C17H23N3O/c1-12-9-13(2)19-17(16(12)11-18-3)21-15-8-6-7-14(10-15)20(4)5/h6-10,18H,11H2,1-5H3. The van der Waals surface area contributed by atoms with Crippen molar-refractivity contribution in [1.82, 2.24) is 10.3 Å². The molecule has 112 valence electrons. The lowest BCUT2D eigenvalue weighted by molar-refractivity contribution is 0.452. The number of nitrogens with one attached hydrogen (secondary N) is 1. The van der Waals surface area contributed by atoms with Crippen molar-refractivity contribution in [2.75, 3.05) is 26.0 Å². The van der Waals surface area contributed by atoms with E-state index >= 15 is 0 Å². The summed E-state index contributed by atoms with van der Waals surface area (Å²) in [6, 6.07) is 10.1. The molecule has 0 atom stereocenters. The van der Waals surface area contributed by atoms with Gasteiger partial charge in [0.05, 0.1) is 0 Å². The first kappa shape index (κ1) is 15.3. The fourth-order valence-corrected chi connectivity index (χ4v) is 2.24. The number of pyridine rings is 1. The second kappa shape index (κ2) is 6.59. The molecule has 0 aliphatic heterocycles. The van der Waals surface area contributed by atoms with Gasteiger partial charge in [0.1, 0.15) is 5.75 Å². The minimum atomic E-state index is 0.678. The summed E-state index contributed by atoms with van der Waals surface area (Å²) >= 11 is 0. The predicted octanol–water partition coefficient (Wildman–Crippen LogP) is 3.28. The van der Waals surface area contributed by atoms with E-state index in [2.05, 4.69) is 34.3 Å². The highest BCUT2D eigenvalue weighted by atomic mass is 16.5. The van der Waals surface area contributed by atoms with Crippen molar-refractivity contribution in [3.63, 3.8) is 0 Å². The molecule has 0 fully saturated rings. The summed E-state index contributed by atoms with van der Waals surface area (Å²) in [6.07, 6.45) is 0. The van der Waals surface area contributed by atoms with Crippen LogP contribution >= 0.6 is 0 Å². The molecule has 2 rings (SSSR count). The lowest BCUT2D eigenvalue weighted by atomic mass is 10.1. The van der Waals surface area contributed by atoms with E-state index in [4.69, 9.17) is 4.74 Å². The normalized spacial score (nSPS) is 10.5. The van der Waals surface area contributed by atoms with E-state index in [0.717, 1.165) is 29.2 Å². The number of hydrogen-bond donors (Lipinski definition) is 1. The third kappa shape index (κ3) is 3.73. The van der Waals surface area contributed by atoms with Crippen molar-refractivity contribution in [2.24, 2.45) is 0 Å².